The summed E-state index contributed by atoms with van der Waals surface area (Å²) >= 11 is 0. The standard InChI is InChI=1S/C9H10N4O2/c1-3-8-11-6-4-7(13(14)15)5(2)10-9(6)12-8/h4H,3H2,1-2H3,(H,10,11,12). The predicted molar refractivity (Wildman–Crippen MR) is 54.7 cm³/mol. The molecule has 2 heterocycles. The summed E-state index contributed by atoms with van der Waals surface area (Å²) in [6, 6.07) is 1.48. The van der Waals surface area contributed by atoms with Gasteiger partial charge in [0.2, 0.25) is 0 Å². The molecule has 0 aliphatic carbocycles. The molecule has 0 unspecified atom stereocenters. The van der Waals surface area contributed by atoms with Gasteiger partial charge in [-0.05, 0) is 6.92 Å². The summed E-state index contributed by atoms with van der Waals surface area (Å²) in [5, 5.41) is 10.7. The minimum atomic E-state index is -0.436. The monoisotopic (exact) mass is 206 g/mol. The second-order valence-electron chi connectivity index (χ2n) is 3.26. The van der Waals surface area contributed by atoms with Crippen LogP contribution in [0.1, 0.15) is 18.4 Å². The van der Waals surface area contributed by atoms with E-state index in [0.717, 1.165) is 12.2 Å². The van der Waals surface area contributed by atoms with E-state index in [-0.39, 0.29) is 5.69 Å². The van der Waals surface area contributed by atoms with E-state index >= 15 is 0 Å². The van der Waals surface area contributed by atoms with Crippen molar-refractivity contribution in [2.45, 2.75) is 20.3 Å². The summed E-state index contributed by atoms with van der Waals surface area (Å²) in [4.78, 5) is 21.5. The molecule has 0 amide bonds. The molecule has 0 radical (unpaired) electrons. The Bertz CT molecular complexity index is 532. The highest BCUT2D eigenvalue weighted by atomic mass is 16.6. The number of imidazole rings is 1. The van der Waals surface area contributed by atoms with E-state index in [9.17, 15) is 10.1 Å². The molecule has 78 valence electrons. The average Bonchev–Trinajstić information content (AvgIpc) is 2.58. The predicted octanol–water partition coefficient (Wildman–Crippen LogP) is 1.74. The molecule has 2 rings (SSSR count). The van der Waals surface area contributed by atoms with E-state index in [1.807, 2.05) is 6.92 Å². The number of aromatic nitrogens is 3. The Hall–Kier alpha value is -1.98. The minimum Gasteiger partial charge on any atom is -0.340 e. The fraction of sp³-hybridized carbons (Fsp3) is 0.333. The van der Waals surface area contributed by atoms with Crippen LogP contribution >= 0.6 is 0 Å². The SMILES string of the molecule is CCc1nc2nc(C)c([N+](=O)[O-])cc2[nH]1. The van der Waals surface area contributed by atoms with Gasteiger partial charge in [-0.2, -0.15) is 0 Å². The van der Waals surface area contributed by atoms with Crippen LogP contribution in [0.5, 0.6) is 0 Å². The number of nitro groups is 1. The molecule has 0 saturated heterocycles. The van der Waals surface area contributed by atoms with Gasteiger partial charge in [-0.25, -0.2) is 9.97 Å². The second-order valence-corrected chi connectivity index (χ2v) is 3.26. The molecule has 0 saturated carbocycles. The maximum atomic E-state index is 10.7. The van der Waals surface area contributed by atoms with Crippen molar-refractivity contribution in [1.29, 1.82) is 0 Å². The lowest BCUT2D eigenvalue weighted by Crippen LogP contribution is -1.94. The van der Waals surface area contributed by atoms with Gasteiger partial charge < -0.3 is 4.98 Å². The molecule has 2 aromatic rings. The molecule has 0 aliphatic heterocycles. The first-order chi connectivity index (χ1) is 7.11. The van der Waals surface area contributed by atoms with Gasteiger partial charge >= 0.3 is 0 Å². The van der Waals surface area contributed by atoms with E-state index in [2.05, 4.69) is 15.0 Å². The molecule has 6 nitrogen and oxygen atoms in total. The quantitative estimate of drug-likeness (QED) is 0.599. The molecule has 15 heavy (non-hydrogen) atoms. The number of rotatable bonds is 2. The van der Waals surface area contributed by atoms with Gasteiger partial charge in [0.25, 0.3) is 5.69 Å². The van der Waals surface area contributed by atoms with E-state index in [1.54, 1.807) is 6.92 Å². The highest BCUT2D eigenvalue weighted by molar-refractivity contribution is 5.74. The lowest BCUT2D eigenvalue weighted by molar-refractivity contribution is -0.385. The number of pyridine rings is 1. The Labute approximate surface area is 85.5 Å². The Morgan fingerprint density at radius 1 is 1.53 bits per heavy atom. The van der Waals surface area contributed by atoms with Gasteiger partial charge in [0.1, 0.15) is 11.5 Å². The zero-order chi connectivity index (χ0) is 11.0. The lowest BCUT2D eigenvalue weighted by atomic mass is 10.3. The zero-order valence-electron chi connectivity index (χ0n) is 8.44. The van der Waals surface area contributed by atoms with E-state index in [4.69, 9.17) is 0 Å². The van der Waals surface area contributed by atoms with Crippen molar-refractivity contribution in [2.24, 2.45) is 0 Å². The lowest BCUT2D eigenvalue weighted by Gasteiger charge is -1.94. The van der Waals surface area contributed by atoms with Crippen molar-refractivity contribution in [3.05, 3.63) is 27.7 Å². The smallest absolute Gasteiger partial charge is 0.292 e. The summed E-state index contributed by atoms with van der Waals surface area (Å²) < 4.78 is 0. The number of hydrogen-bond acceptors (Lipinski definition) is 4. The molecule has 2 aromatic heterocycles. The van der Waals surface area contributed by atoms with Gasteiger partial charge in [-0.1, -0.05) is 6.92 Å². The number of nitrogens with one attached hydrogen (secondary N) is 1. The third-order valence-corrected chi connectivity index (χ3v) is 2.22. The molecule has 1 N–H and O–H groups in total. The largest absolute Gasteiger partial charge is 0.340 e. The van der Waals surface area contributed by atoms with E-state index in [0.29, 0.717) is 16.9 Å². The average molecular weight is 206 g/mol. The Kier molecular flexibility index (Phi) is 2.11. The number of aromatic amines is 1. The number of hydrogen-bond donors (Lipinski definition) is 1. The molecule has 0 aliphatic rings. The first-order valence-corrected chi connectivity index (χ1v) is 4.62. The summed E-state index contributed by atoms with van der Waals surface area (Å²) in [5.74, 6) is 0.789. The van der Waals surface area contributed by atoms with E-state index in [1.165, 1.54) is 6.07 Å². The molecule has 0 atom stereocenters. The fourth-order valence-electron chi connectivity index (χ4n) is 1.42. The van der Waals surface area contributed by atoms with Crippen LogP contribution in [-0.4, -0.2) is 19.9 Å². The van der Waals surface area contributed by atoms with Crippen LogP contribution in [0.4, 0.5) is 5.69 Å². The van der Waals surface area contributed by atoms with Crippen molar-refractivity contribution in [3.8, 4) is 0 Å². The van der Waals surface area contributed by atoms with Crippen molar-refractivity contribution in [1.82, 2.24) is 15.0 Å². The highest BCUT2D eigenvalue weighted by Crippen LogP contribution is 2.20. The van der Waals surface area contributed by atoms with Crippen LogP contribution in [0.3, 0.4) is 0 Å². The molecular weight excluding hydrogens is 196 g/mol. The summed E-state index contributed by atoms with van der Waals surface area (Å²) in [6.45, 7) is 3.57. The van der Waals surface area contributed by atoms with Crippen LogP contribution in [0.25, 0.3) is 11.2 Å². The Balaban J connectivity index is 2.68. The van der Waals surface area contributed by atoms with Gasteiger partial charge in [-0.3, -0.25) is 10.1 Å². The first-order valence-electron chi connectivity index (χ1n) is 4.62. The summed E-state index contributed by atoms with van der Waals surface area (Å²) in [6.07, 6.45) is 0.753. The zero-order valence-corrected chi connectivity index (χ0v) is 8.44. The topological polar surface area (TPSA) is 84.7 Å². The van der Waals surface area contributed by atoms with Crippen molar-refractivity contribution in [3.63, 3.8) is 0 Å². The highest BCUT2D eigenvalue weighted by Gasteiger charge is 2.15. The van der Waals surface area contributed by atoms with Gasteiger partial charge in [0.05, 0.1) is 10.4 Å². The van der Waals surface area contributed by atoms with Crippen LogP contribution in [-0.2, 0) is 6.42 Å². The Morgan fingerprint density at radius 2 is 2.27 bits per heavy atom. The molecule has 6 heteroatoms. The molecule has 0 aromatic carbocycles. The molecular formula is C9H10N4O2. The van der Waals surface area contributed by atoms with Crippen LogP contribution in [0.2, 0.25) is 0 Å². The van der Waals surface area contributed by atoms with Crippen LogP contribution in [0.15, 0.2) is 6.07 Å². The number of aryl methyl sites for hydroxylation is 2. The second kappa shape index (κ2) is 3.30. The van der Waals surface area contributed by atoms with Crippen LogP contribution < -0.4 is 0 Å². The molecule has 0 fully saturated rings. The summed E-state index contributed by atoms with van der Waals surface area (Å²) in [5.41, 5.74) is 1.56. The summed E-state index contributed by atoms with van der Waals surface area (Å²) in [7, 11) is 0. The van der Waals surface area contributed by atoms with E-state index < -0.39 is 4.92 Å². The number of H-pyrrole nitrogens is 1. The van der Waals surface area contributed by atoms with Gasteiger partial charge in [0.15, 0.2) is 5.65 Å². The third-order valence-electron chi connectivity index (χ3n) is 2.22. The number of nitrogens with zero attached hydrogens (tertiary/aromatic N) is 3. The first kappa shape index (κ1) is 9.57. The minimum absolute atomic E-state index is 0.0220. The maximum absolute atomic E-state index is 10.7. The molecule has 0 spiro atoms. The third kappa shape index (κ3) is 1.54. The molecule has 0 bridgehead atoms. The van der Waals surface area contributed by atoms with Crippen molar-refractivity contribution >= 4 is 16.9 Å². The van der Waals surface area contributed by atoms with Gasteiger partial charge in [0, 0.05) is 12.5 Å². The van der Waals surface area contributed by atoms with Gasteiger partial charge in [-0.15, -0.1) is 0 Å². The van der Waals surface area contributed by atoms with Crippen molar-refractivity contribution < 1.29 is 4.92 Å². The van der Waals surface area contributed by atoms with Crippen LogP contribution in [0, 0.1) is 17.0 Å². The Morgan fingerprint density at radius 3 is 2.87 bits per heavy atom. The van der Waals surface area contributed by atoms with Crippen molar-refractivity contribution in [2.75, 3.05) is 0 Å². The maximum Gasteiger partial charge on any atom is 0.292 e. The fourth-order valence-corrected chi connectivity index (χ4v) is 1.42. The number of fused-ring (bicyclic) bond motifs is 1. The normalized spacial score (nSPS) is 10.8.